The maximum atomic E-state index is 11.6. The van der Waals surface area contributed by atoms with Crippen molar-refractivity contribution in [3.8, 4) is 0 Å². The highest BCUT2D eigenvalue weighted by atomic mass is 16.2. The molecule has 1 atom stereocenters. The summed E-state index contributed by atoms with van der Waals surface area (Å²) in [4.78, 5) is 22.6. The highest BCUT2D eigenvalue weighted by Gasteiger charge is 2.41. The Kier molecular flexibility index (Phi) is 2.30. The van der Waals surface area contributed by atoms with Crippen LogP contribution in [0, 0.1) is 0 Å². The fourth-order valence-corrected chi connectivity index (χ4v) is 1.82. The monoisotopic (exact) mass is 219 g/mol. The van der Waals surface area contributed by atoms with Gasteiger partial charge in [0.25, 0.3) is 5.91 Å². The number of hydrogen-bond acceptors (Lipinski definition) is 3. The van der Waals surface area contributed by atoms with E-state index in [4.69, 9.17) is 5.73 Å². The third-order valence-corrected chi connectivity index (χ3v) is 2.63. The molecule has 1 aromatic carbocycles. The van der Waals surface area contributed by atoms with Crippen LogP contribution in [0.25, 0.3) is 0 Å². The van der Waals surface area contributed by atoms with Gasteiger partial charge in [0.15, 0.2) is 0 Å². The van der Waals surface area contributed by atoms with Crippen LogP contribution in [0.1, 0.15) is 12.5 Å². The third-order valence-electron chi connectivity index (χ3n) is 2.63. The van der Waals surface area contributed by atoms with E-state index in [1.165, 1.54) is 0 Å². The van der Waals surface area contributed by atoms with Gasteiger partial charge in [-0.1, -0.05) is 12.1 Å². The zero-order valence-corrected chi connectivity index (χ0v) is 8.91. The summed E-state index contributed by atoms with van der Waals surface area (Å²) in [5, 5.41) is 4.83. The number of anilines is 1. The molecule has 84 valence electrons. The number of benzene rings is 1. The molecule has 0 saturated carbocycles. The molecular formula is C11H13N3O2. The molecule has 3 amide bonds. The minimum absolute atomic E-state index is 0.306. The standard InChI is InChI=1S/C11H13N3O2/c1-11(9(15)13-10(16)14-11)6-7-3-2-4-8(12)5-7/h2-5H,6,12H2,1H3,(H2,13,14,15,16). The first-order valence-electron chi connectivity index (χ1n) is 4.98. The molecule has 5 heteroatoms. The Morgan fingerprint density at radius 1 is 1.38 bits per heavy atom. The molecule has 5 nitrogen and oxygen atoms in total. The number of nitrogen functional groups attached to an aromatic ring is 1. The van der Waals surface area contributed by atoms with Gasteiger partial charge in [0, 0.05) is 12.1 Å². The molecular weight excluding hydrogens is 206 g/mol. The maximum absolute atomic E-state index is 11.6. The van der Waals surface area contributed by atoms with E-state index >= 15 is 0 Å². The van der Waals surface area contributed by atoms with E-state index in [1.807, 2.05) is 12.1 Å². The van der Waals surface area contributed by atoms with Crippen molar-refractivity contribution >= 4 is 17.6 Å². The summed E-state index contributed by atoms with van der Waals surface area (Å²) >= 11 is 0. The van der Waals surface area contributed by atoms with Crippen molar-refractivity contribution in [3.05, 3.63) is 29.8 Å². The fourth-order valence-electron chi connectivity index (χ4n) is 1.82. The van der Waals surface area contributed by atoms with Gasteiger partial charge in [-0.25, -0.2) is 4.79 Å². The van der Waals surface area contributed by atoms with Gasteiger partial charge >= 0.3 is 6.03 Å². The zero-order valence-electron chi connectivity index (χ0n) is 8.91. The van der Waals surface area contributed by atoms with Crippen molar-refractivity contribution in [2.75, 3.05) is 5.73 Å². The molecule has 1 heterocycles. The largest absolute Gasteiger partial charge is 0.399 e. The predicted octanol–water partition coefficient (Wildman–Crippen LogP) is 0.409. The summed E-state index contributed by atoms with van der Waals surface area (Å²) in [6, 6.07) is 6.82. The van der Waals surface area contributed by atoms with Gasteiger partial charge in [-0.05, 0) is 24.6 Å². The number of nitrogens with one attached hydrogen (secondary N) is 2. The molecule has 1 aromatic rings. The Hall–Kier alpha value is -2.04. The van der Waals surface area contributed by atoms with Crippen LogP contribution in [0.4, 0.5) is 10.5 Å². The molecule has 1 fully saturated rings. The quantitative estimate of drug-likeness (QED) is 0.497. The Morgan fingerprint density at radius 3 is 2.69 bits per heavy atom. The molecule has 1 saturated heterocycles. The Bertz CT molecular complexity index is 458. The molecule has 0 radical (unpaired) electrons. The van der Waals surface area contributed by atoms with E-state index < -0.39 is 11.6 Å². The summed E-state index contributed by atoms with van der Waals surface area (Å²) in [6.45, 7) is 1.69. The molecule has 1 aliphatic heterocycles. The lowest BCUT2D eigenvalue weighted by Gasteiger charge is -2.20. The van der Waals surface area contributed by atoms with Crippen molar-refractivity contribution in [1.82, 2.24) is 10.6 Å². The van der Waals surface area contributed by atoms with Gasteiger partial charge in [0.1, 0.15) is 5.54 Å². The van der Waals surface area contributed by atoms with E-state index in [2.05, 4.69) is 10.6 Å². The second kappa shape index (κ2) is 3.52. The second-order valence-corrected chi connectivity index (χ2v) is 4.16. The highest BCUT2D eigenvalue weighted by Crippen LogP contribution is 2.18. The summed E-state index contributed by atoms with van der Waals surface area (Å²) in [5.74, 6) is -0.306. The Balaban J connectivity index is 2.21. The Morgan fingerprint density at radius 2 is 2.12 bits per heavy atom. The number of carbonyl (C=O) groups excluding carboxylic acids is 2. The lowest BCUT2D eigenvalue weighted by molar-refractivity contribution is -0.123. The SMILES string of the molecule is CC1(Cc2cccc(N)c2)NC(=O)NC1=O. The van der Waals surface area contributed by atoms with Crippen molar-refractivity contribution in [2.24, 2.45) is 0 Å². The fraction of sp³-hybridized carbons (Fsp3) is 0.273. The smallest absolute Gasteiger partial charge is 0.322 e. The van der Waals surface area contributed by atoms with Gasteiger partial charge in [-0.2, -0.15) is 0 Å². The van der Waals surface area contributed by atoms with E-state index in [0.29, 0.717) is 12.1 Å². The molecule has 2 rings (SSSR count). The second-order valence-electron chi connectivity index (χ2n) is 4.16. The van der Waals surface area contributed by atoms with Gasteiger partial charge in [-0.15, -0.1) is 0 Å². The van der Waals surface area contributed by atoms with E-state index in [0.717, 1.165) is 5.56 Å². The molecule has 0 aromatic heterocycles. The van der Waals surface area contributed by atoms with Crippen LogP contribution in [0.3, 0.4) is 0 Å². The summed E-state index contributed by atoms with van der Waals surface area (Å²) < 4.78 is 0. The van der Waals surface area contributed by atoms with Crippen LogP contribution in [0.15, 0.2) is 24.3 Å². The van der Waals surface area contributed by atoms with Crippen LogP contribution in [0.2, 0.25) is 0 Å². The Labute approximate surface area is 93.0 Å². The average Bonchev–Trinajstić information content (AvgIpc) is 2.39. The molecule has 0 bridgehead atoms. The normalized spacial score (nSPS) is 24.1. The van der Waals surface area contributed by atoms with Crippen LogP contribution in [-0.2, 0) is 11.2 Å². The molecule has 0 aliphatic carbocycles. The van der Waals surface area contributed by atoms with Crippen LogP contribution in [0.5, 0.6) is 0 Å². The first-order chi connectivity index (χ1) is 7.49. The summed E-state index contributed by atoms with van der Waals surface area (Å²) in [5.41, 5.74) is 6.33. The lowest BCUT2D eigenvalue weighted by atomic mass is 9.93. The first-order valence-corrected chi connectivity index (χ1v) is 4.98. The lowest BCUT2D eigenvalue weighted by Crippen LogP contribution is -2.45. The van der Waals surface area contributed by atoms with Crippen molar-refractivity contribution < 1.29 is 9.59 Å². The molecule has 1 aliphatic rings. The van der Waals surface area contributed by atoms with Crippen LogP contribution >= 0.6 is 0 Å². The topological polar surface area (TPSA) is 84.2 Å². The number of rotatable bonds is 2. The van der Waals surface area contributed by atoms with Crippen molar-refractivity contribution in [1.29, 1.82) is 0 Å². The minimum atomic E-state index is -0.884. The predicted molar refractivity (Wildman–Crippen MR) is 59.6 cm³/mol. The van der Waals surface area contributed by atoms with E-state index in [-0.39, 0.29) is 5.91 Å². The number of nitrogens with two attached hydrogens (primary N) is 1. The molecule has 16 heavy (non-hydrogen) atoms. The van der Waals surface area contributed by atoms with Gasteiger partial charge in [0.2, 0.25) is 0 Å². The van der Waals surface area contributed by atoms with Crippen molar-refractivity contribution in [3.63, 3.8) is 0 Å². The number of imide groups is 1. The van der Waals surface area contributed by atoms with Gasteiger partial charge < -0.3 is 11.1 Å². The third kappa shape index (κ3) is 1.84. The first kappa shape index (κ1) is 10.5. The number of carbonyl (C=O) groups is 2. The molecule has 1 unspecified atom stereocenters. The van der Waals surface area contributed by atoms with Crippen LogP contribution < -0.4 is 16.4 Å². The van der Waals surface area contributed by atoms with Crippen LogP contribution in [-0.4, -0.2) is 17.5 Å². The van der Waals surface area contributed by atoms with Crippen molar-refractivity contribution in [2.45, 2.75) is 18.9 Å². The average molecular weight is 219 g/mol. The number of amides is 3. The summed E-state index contributed by atoms with van der Waals surface area (Å²) in [7, 11) is 0. The molecule has 4 N–H and O–H groups in total. The number of urea groups is 1. The zero-order chi connectivity index (χ0) is 11.8. The van der Waals surface area contributed by atoms with Gasteiger partial charge in [0.05, 0.1) is 0 Å². The number of hydrogen-bond donors (Lipinski definition) is 3. The maximum Gasteiger partial charge on any atom is 0.322 e. The van der Waals surface area contributed by atoms with E-state index in [1.54, 1.807) is 19.1 Å². The minimum Gasteiger partial charge on any atom is -0.399 e. The molecule has 0 spiro atoms. The summed E-state index contributed by atoms with van der Waals surface area (Å²) in [6.07, 6.45) is 0.426. The highest BCUT2D eigenvalue weighted by molar-refractivity contribution is 6.06. The van der Waals surface area contributed by atoms with E-state index in [9.17, 15) is 9.59 Å². The van der Waals surface area contributed by atoms with Gasteiger partial charge in [-0.3, -0.25) is 10.1 Å².